The van der Waals surface area contributed by atoms with Crippen molar-refractivity contribution < 1.29 is 0 Å². The van der Waals surface area contributed by atoms with E-state index in [2.05, 4.69) is 38.3 Å². The lowest BCUT2D eigenvalue weighted by molar-refractivity contribution is 1.61. The molecule has 2 heterocycles. The molecule has 0 aliphatic carbocycles. The number of hydrogen-bond donors (Lipinski definition) is 0. The smallest absolute Gasteiger partial charge is 0.189 e. The summed E-state index contributed by atoms with van der Waals surface area (Å²) < 4.78 is 17.2. The number of aromatic nitrogens is 4. The molecule has 0 N–H and O–H groups in total. The Morgan fingerprint density at radius 3 is 2.05 bits per heavy atom. The number of fused-ring (bicyclic) bond motifs is 2. The maximum absolute atomic E-state index is 6.75. The summed E-state index contributed by atoms with van der Waals surface area (Å²) in [6, 6.07) is 11.2. The Morgan fingerprint density at radius 2 is 1.38 bits per heavy atom. The molecule has 0 aliphatic heterocycles. The van der Waals surface area contributed by atoms with Crippen LogP contribution in [0.2, 0.25) is 0 Å². The van der Waals surface area contributed by atoms with Gasteiger partial charge in [0.25, 0.3) is 0 Å². The molecular weight excluding hydrogens is 370 g/mol. The Kier molecular flexibility index (Phi) is 4.15. The largest absolute Gasteiger partial charge is 0.238 e. The first kappa shape index (κ1) is 14.0. The summed E-state index contributed by atoms with van der Waals surface area (Å²) in [5, 5.41) is 0. The molecule has 5 nitrogen and oxygen atoms in total. The van der Waals surface area contributed by atoms with Crippen molar-refractivity contribution in [3.05, 3.63) is 52.3 Å². The zero-order valence-corrected chi connectivity index (χ0v) is 13.6. The fourth-order valence-corrected chi connectivity index (χ4v) is 2.98. The zero-order valence-electron chi connectivity index (χ0n) is 10.4. The van der Waals surface area contributed by atoms with Gasteiger partial charge in [0, 0.05) is 4.47 Å². The second-order valence-electron chi connectivity index (χ2n) is 3.95. The van der Waals surface area contributed by atoms with Gasteiger partial charge in [0.2, 0.25) is 0 Å². The summed E-state index contributed by atoms with van der Waals surface area (Å²) >= 11 is 5.76. The van der Waals surface area contributed by atoms with Crippen LogP contribution in [0.4, 0.5) is 5.69 Å². The lowest BCUT2D eigenvalue weighted by Crippen LogP contribution is -1.67. The van der Waals surface area contributed by atoms with E-state index in [0.29, 0.717) is 5.69 Å². The standard InChI is InChI=1S/C7H3N3S.C6H3BrN2S/c1-8-5-2-3-6-7(4-5)10-11-9-6;7-4-1-2-5-6(3-4)9-10-8-5/h2-4H;1-3H. The molecule has 0 bridgehead atoms. The first-order chi connectivity index (χ1) is 10.3. The molecule has 4 rings (SSSR count). The van der Waals surface area contributed by atoms with Gasteiger partial charge in [-0.25, -0.2) is 4.85 Å². The van der Waals surface area contributed by atoms with Gasteiger partial charge in [0.1, 0.15) is 16.6 Å². The number of nitrogens with zero attached hydrogens (tertiary/aromatic N) is 5. The summed E-state index contributed by atoms with van der Waals surface area (Å²) in [5.41, 5.74) is 4.21. The van der Waals surface area contributed by atoms with Crippen LogP contribution in [-0.4, -0.2) is 17.5 Å². The Hall–Kier alpha value is -1.95. The minimum Gasteiger partial charge on any atom is -0.238 e. The number of halogens is 1. The predicted octanol–water partition coefficient (Wildman–Crippen LogP) is 4.70. The van der Waals surface area contributed by atoms with Crippen molar-refractivity contribution >= 4 is 67.1 Å². The summed E-state index contributed by atoms with van der Waals surface area (Å²) in [6.07, 6.45) is 0. The van der Waals surface area contributed by atoms with Crippen molar-refractivity contribution in [1.82, 2.24) is 17.5 Å². The van der Waals surface area contributed by atoms with Gasteiger partial charge < -0.3 is 0 Å². The van der Waals surface area contributed by atoms with Gasteiger partial charge in [-0.2, -0.15) is 17.5 Å². The minimum absolute atomic E-state index is 0.616. The molecule has 0 amide bonds. The molecule has 0 radical (unpaired) electrons. The van der Waals surface area contributed by atoms with Crippen LogP contribution in [0.1, 0.15) is 0 Å². The van der Waals surface area contributed by atoms with Crippen molar-refractivity contribution in [2.45, 2.75) is 0 Å². The predicted molar refractivity (Wildman–Crippen MR) is 88.8 cm³/mol. The Balaban J connectivity index is 0.000000126. The van der Waals surface area contributed by atoms with Crippen LogP contribution in [0, 0.1) is 6.57 Å². The van der Waals surface area contributed by atoms with Crippen LogP contribution in [0.15, 0.2) is 40.9 Å². The highest BCUT2D eigenvalue weighted by Crippen LogP contribution is 2.19. The highest BCUT2D eigenvalue weighted by atomic mass is 79.9. The van der Waals surface area contributed by atoms with E-state index in [1.807, 2.05) is 24.3 Å². The number of benzene rings is 2. The summed E-state index contributed by atoms with van der Waals surface area (Å²) in [6.45, 7) is 6.75. The van der Waals surface area contributed by atoms with E-state index in [1.54, 1.807) is 12.1 Å². The molecule has 21 heavy (non-hydrogen) atoms. The van der Waals surface area contributed by atoms with Crippen LogP contribution < -0.4 is 0 Å². The molecule has 102 valence electrons. The first-order valence-electron chi connectivity index (χ1n) is 5.74. The third kappa shape index (κ3) is 3.21. The zero-order chi connectivity index (χ0) is 14.7. The third-order valence-corrected chi connectivity index (χ3v) is 4.19. The molecule has 0 fully saturated rings. The van der Waals surface area contributed by atoms with Crippen LogP contribution in [0.5, 0.6) is 0 Å². The number of hydrogen-bond acceptors (Lipinski definition) is 6. The van der Waals surface area contributed by atoms with Crippen LogP contribution in [-0.2, 0) is 0 Å². The summed E-state index contributed by atoms with van der Waals surface area (Å²) in [7, 11) is 0. The first-order valence-corrected chi connectivity index (χ1v) is 7.99. The lowest BCUT2D eigenvalue weighted by Gasteiger charge is -1.85. The van der Waals surface area contributed by atoms with E-state index >= 15 is 0 Å². The van der Waals surface area contributed by atoms with Gasteiger partial charge in [-0.05, 0) is 30.3 Å². The fourth-order valence-electron chi connectivity index (χ4n) is 1.60. The summed E-state index contributed by atoms with van der Waals surface area (Å²) in [4.78, 5) is 3.29. The molecule has 0 spiro atoms. The summed E-state index contributed by atoms with van der Waals surface area (Å²) in [5.74, 6) is 0. The van der Waals surface area contributed by atoms with E-state index in [9.17, 15) is 0 Å². The van der Waals surface area contributed by atoms with E-state index in [0.717, 1.165) is 26.5 Å². The molecule has 0 saturated heterocycles. The highest BCUT2D eigenvalue weighted by molar-refractivity contribution is 9.10. The van der Waals surface area contributed by atoms with Crippen molar-refractivity contribution in [1.29, 1.82) is 0 Å². The molecule has 0 unspecified atom stereocenters. The lowest BCUT2D eigenvalue weighted by atomic mass is 10.3. The van der Waals surface area contributed by atoms with Gasteiger partial charge in [0.15, 0.2) is 5.69 Å². The van der Waals surface area contributed by atoms with E-state index in [1.165, 1.54) is 23.5 Å². The number of rotatable bonds is 0. The van der Waals surface area contributed by atoms with Gasteiger partial charge >= 0.3 is 0 Å². The maximum atomic E-state index is 6.75. The van der Waals surface area contributed by atoms with Crippen LogP contribution in [0.25, 0.3) is 26.9 Å². The normalized spacial score (nSPS) is 10.1. The third-order valence-electron chi connectivity index (χ3n) is 2.58. The molecule has 0 atom stereocenters. The van der Waals surface area contributed by atoms with Crippen LogP contribution in [0.3, 0.4) is 0 Å². The molecule has 2 aromatic heterocycles. The Labute approximate surface area is 136 Å². The van der Waals surface area contributed by atoms with Gasteiger partial charge in [-0.3, -0.25) is 0 Å². The molecular formula is C13H6BrN5S2. The van der Waals surface area contributed by atoms with Gasteiger partial charge in [-0.15, -0.1) is 0 Å². The van der Waals surface area contributed by atoms with E-state index < -0.39 is 0 Å². The monoisotopic (exact) mass is 375 g/mol. The topological polar surface area (TPSA) is 55.9 Å². The molecule has 0 saturated carbocycles. The quantitative estimate of drug-likeness (QED) is 0.418. The second kappa shape index (κ2) is 6.22. The van der Waals surface area contributed by atoms with E-state index in [4.69, 9.17) is 6.57 Å². The Bertz CT molecular complexity index is 940. The van der Waals surface area contributed by atoms with E-state index in [-0.39, 0.29) is 0 Å². The fraction of sp³-hybridized carbons (Fsp3) is 0. The van der Waals surface area contributed by atoms with Crippen molar-refractivity contribution in [2.75, 3.05) is 0 Å². The van der Waals surface area contributed by atoms with Crippen molar-refractivity contribution in [2.24, 2.45) is 0 Å². The molecule has 8 heteroatoms. The average molecular weight is 376 g/mol. The Morgan fingerprint density at radius 1 is 0.810 bits per heavy atom. The maximum Gasteiger partial charge on any atom is 0.189 e. The van der Waals surface area contributed by atoms with Crippen molar-refractivity contribution in [3.63, 3.8) is 0 Å². The van der Waals surface area contributed by atoms with Crippen LogP contribution >= 0.6 is 39.4 Å². The van der Waals surface area contributed by atoms with Gasteiger partial charge in [0.05, 0.1) is 35.5 Å². The minimum atomic E-state index is 0.616. The molecule has 2 aromatic carbocycles. The van der Waals surface area contributed by atoms with Gasteiger partial charge in [-0.1, -0.05) is 22.0 Å². The SMILES string of the molecule is Brc1ccc2nsnc2c1.[C-]#[N+]c1ccc2nsnc2c1. The van der Waals surface area contributed by atoms with Crippen molar-refractivity contribution in [3.8, 4) is 0 Å². The molecule has 4 aromatic rings. The average Bonchev–Trinajstić information content (AvgIpc) is 3.15. The highest BCUT2D eigenvalue weighted by Gasteiger charge is 1.98. The molecule has 0 aliphatic rings. The second-order valence-corrected chi connectivity index (χ2v) is 5.92.